The first-order valence-electron chi connectivity index (χ1n) is 17.0. The monoisotopic (exact) mass is 605 g/mol. The second-order valence-corrected chi connectivity index (χ2v) is 14.1. The van der Waals surface area contributed by atoms with Crippen LogP contribution in [0.2, 0.25) is 0 Å². The van der Waals surface area contributed by atoms with Crippen molar-refractivity contribution in [2.45, 2.75) is 127 Å². The zero-order valence-corrected chi connectivity index (χ0v) is 26.1. The quantitative estimate of drug-likeness (QED) is 0.233. The molecule has 0 amide bonds. The van der Waals surface area contributed by atoms with Crippen molar-refractivity contribution in [3.63, 3.8) is 0 Å². The average molecular weight is 606 g/mol. The predicted octanol–water partition coefficient (Wildman–Crippen LogP) is 6.94. The molecule has 2 bridgehead atoms. The summed E-state index contributed by atoms with van der Waals surface area (Å²) < 4.78 is 27.1. The van der Waals surface area contributed by atoms with Crippen molar-refractivity contribution in [2.75, 3.05) is 17.2 Å². The maximum Gasteiger partial charge on any atom is 0.248 e. The number of nitrogens with zero attached hydrogens (tertiary/aromatic N) is 3. The van der Waals surface area contributed by atoms with Gasteiger partial charge in [0, 0.05) is 50.1 Å². The van der Waals surface area contributed by atoms with Gasteiger partial charge in [0.15, 0.2) is 0 Å². The second-order valence-electron chi connectivity index (χ2n) is 14.1. The number of rotatable bonds is 10. The molecule has 4 aliphatic carbocycles. The van der Waals surface area contributed by atoms with Crippen LogP contribution in [0.3, 0.4) is 0 Å². The highest BCUT2D eigenvalue weighted by Gasteiger charge is 2.41. The SMILES string of the molecule is Cc1ccccc1CNc1ncc(C#N)c(NCC2C[C@H]3CCC[C@@H](C2)[C@@H]3N[C@H]2CC[C@@H](NC3CCC(F)(F)CC3)CC2)n1. The van der Waals surface area contributed by atoms with E-state index < -0.39 is 5.92 Å². The van der Waals surface area contributed by atoms with Gasteiger partial charge in [-0.1, -0.05) is 30.7 Å². The molecule has 238 valence electrons. The number of anilines is 2. The Morgan fingerprint density at radius 1 is 0.886 bits per heavy atom. The topological polar surface area (TPSA) is 97.7 Å². The van der Waals surface area contributed by atoms with Crippen molar-refractivity contribution in [3.05, 3.63) is 47.2 Å². The lowest BCUT2D eigenvalue weighted by Crippen LogP contribution is -2.54. The molecule has 1 heterocycles. The molecule has 9 heteroatoms. The third-order valence-corrected chi connectivity index (χ3v) is 10.9. The Balaban J connectivity index is 0.974. The van der Waals surface area contributed by atoms with Crippen LogP contribution in [0.15, 0.2) is 30.5 Å². The number of nitriles is 1. The highest BCUT2D eigenvalue weighted by molar-refractivity contribution is 5.53. The fraction of sp³-hybridized carbons (Fsp3) is 0.686. The van der Waals surface area contributed by atoms with Gasteiger partial charge in [-0.3, -0.25) is 0 Å². The van der Waals surface area contributed by atoms with Crippen LogP contribution in [0, 0.1) is 36.0 Å². The number of alkyl halides is 2. The van der Waals surface area contributed by atoms with E-state index >= 15 is 0 Å². The van der Waals surface area contributed by atoms with Gasteiger partial charge in [0.2, 0.25) is 11.9 Å². The van der Waals surface area contributed by atoms with Gasteiger partial charge in [-0.2, -0.15) is 10.2 Å². The van der Waals surface area contributed by atoms with E-state index in [1.165, 1.54) is 56.1 Å². The van der Waals surface area contributed by atoms with Crippen molar-refractivity contribution in [1.82, 2.24) is 20.6 Å². The van der Waals surface area contributed by atoms with Crippen LogP contribution in [0.4, 0.5) is 20.5 Å². The molecule has 44 heavy (non-hydrogen) atoms. The smallest absolute Gasteiger partial charge is 0.248 e. The Morgan fingerprint density at radius 2 is 1.55 bits per heavy atom. The molecular weight excluding hydrogens is 556 g/mol. The van der Waals surface area contributed by atoms with E-state index in [9.17, 15) is 14.0 Å². The summed E-state index contributed by atoms with van der Waals surface area (Å²) in [5.41, 5.74) is 2.90. The van der Waals surface area contributed by atoms with Gasteiger partial charge in [-0.15, -0.1) is 0 Å². The molecule has 0 saturated heterocycles. The first-order chi connectivity index (χ1) is 21.3. The minimum Gasteiger partial charge on any atom is -0.369 e. The summed E-state index contributed by atoms with van der Waals surface area (Å²) in [6.07, 6.45) is 13.8. The van der Waals surface area contributed by atoms with E-state index in [0.29, 0.717) is 72.6 Å². The van der Waals surface area contributed by atoms with Gasteiger partial charge >= 0.3 is 0 Å². The van der Waals surface area contributed by atoms with Crippen LogP contribution >= 0.6 is 0 Å². The van der Waals surface area contributed by atoms with Crippen LogP contribution in [0.5, 0.6) is 0 Å². The van der Waals surface area contributed by atoms with Crippen LogP contribution in [-0.4, -0.2) is 46.6 Å². The molecule has 1 unspecified atom stereocenters. The summed E-state index contributed by atoms with van der Waals surface area (Å²) in [6.45, 7) is 3.56. The molecule has 4 aliphatic rings. The van der Waals surface area contributed by atoms with Crippen LogP contribution in [0.25, 0.3) is 0 Å². The summed E-state index contributed by atoms with van der Waals surface area (Å²) in [5, 5.41) is 24.4. The van der Waals surface area contributed by atoms with E-state index in [4.69, 9.17) is 0 Å². The average Bonchev–Trinajstić information content (AvgIpc) is 3.02. The van der Waals surface area contributed by atoms with Gasteiger partial charge < -0.3 is 21.3 Å². The number of nitrogens with one attached hydrogen (secondary N) is 4. The lowest BCUT2D eigenvalue weighted by Gasteiger charge is -2.48. The molecule has 4 atom stereocenters. The molecule has 4 saturated carbocycles. The molecule has 1 aromatic heterocycles. The fourth-order valence-electron chi connectivity index (χ4n) is 8.45. The van der Waals surface area contributed by atoms with E-state index in [1.54, 1.807) is 6.20 Å². The summed E-state index contributed by atoms with van der Waals surface area (Å²) in [6, 6.07) is 12.4. The predicted molar refractivity (Wildman–Crippen MR) is 171 cm³/mol. The highest BCUT2D eigenvalue weighted by atomic mass is 19.3. The van der Waals surface area contributed by atoms with Gasteiger partial charge in [0.1, 0.15) is 17.5 Å². The lowest BCUT2D eigenvalue weighted by molar-refractivity contribution is -0.0416. The number of aromatic nitrogens is 2. The van der Waals surface area contributed by atoms with E-state index in [0.717, 1.165) is 19.4 Å². The molecule has 2 aromatic rings. The Labute approximate surface area is 261 Å². The summed E-state index contributed by atoms with van der Waals surface area (Å²) in [4.78, 5) is 9.06. The largest absolute Gasteiger partial charge is 0.369 e. The van der Waals surface area contributed by atoms with Gasteiger partial charge in [-0.05, 0) is 100 Å². The zero-order chi connectivity index (χ0) is 30.5. The third kappa shape index (κ3) is 7.87. The molecular formula is C35H49F2N7. The van der Waals surface area contributed by atoms with E-state index in [-0.39, 0.29) is 18.9 Å². The number of hydrogen-bond acceptors (Lipinski definition) is 7. The molecule has 4 fully saturated rings. The Bertz CT molecular complexity index is 1260. The van der Waals surface area contributed by atoms with Gasteiger partial charge in [0.05, 0.1) is 6.20 Å². The molecule has 0 spiro atoms. The van der Waals surface area contributed by atoms with Crippen molar-refractivity contribution >= 4 is 11.8 Å². The van der Waals surface area contributed by atoms with E-state index in [2.05, 4.69) is 56.4 Å². The standard InChI is InChI=1S/C35H49F2N7/c1-23-5-2-3-6-27(23)21-40-34-41-22-28(19-38)33(44-34)39-20-24-17-25-7-4-8-26(18-24)32(25)43-30-11-9-29(10-12-30)42-31-13-15-35(36,37)16-14-31/h2-3,5-6,22,24-26,29-32,42-43H,4,7-18,20-21H2,1H3,(H2,39,40,41,44)/t24?,25-,26+,29-,30+,32-. The van der Waals surface area contributed by atoms with Crippen LogP contribution in [0.1, 0.15) is 100 Å². The highest BCUT2D eigenvalue weighted by Crippen LogP contribution is 2.43. The van der Waals surface area contributed by atoms with Crippen molar-refractivity contribution in [3.8, 4) is 6.07 Å². The zero-order valence-electron chi connectivity index (χ0n) is 26.1. The van der Waals surface area contributed by atoms with Crippen LogP contribution < -0.4 is 21.3 Å². The van der Waals surface area contributed by atoms with Crippen molar-refractivity contribution < 1.29 is 8.78 Å². The van der Waals surface area contributed by atoms with Crippen LogP contribution in [-0.2, 0) is 6.54 Å². The maximum atomic E-state index is 13.5. The Kier molecular flexibility index (Phi) is 9.97. The van der Waals surface area contributed by atoms with Crippen molar-refractivity contribution in [2.24, 2.45) is 17.8 Å². The molecule has 0 radical (unpaired) electrons. The minimum atomic E-state index is -2.45. The molecule has 6 rings (SSSR count). The second kappa shape index (κ2) is 14.1. The molecule has 4 N–H and O–H groups in total. The molecule has 0 aliphatic heterocycles. The minimum absolute atomic E-state index is 0.0356. The summed E-state index contributed by atoms with van der Waals surface area (Å²) in [7, 11) is 0. The number of benzene rings is 1. The number of fused-ring (bicyclic) bond motifs is 2. The number of halogens is 2. The van der Waals surface area contributed by atoms with Crippen molar-refractivity contribution in [1.29, 1.82) is 5.26 Å². The fourth-order valence-corrected chi connectivity index (χ4v) is 8.45. The number of hydrogen-bond donors (Lipinski definition) is 4. The maximum absolute atomic E-state index is 13.5. The Hall–Kier alpha value is -2.83. The first-order valence-corrected chi connectivity index (χ1v) is 17.0. The molecule has 7 nitrogen and oxygen atoms in total. The normalized spacial score (nSPS) is 30.3. The molecule has 1 aromatic carbocycles. The van der Waals surface area contributed by atoms with Gasteiger partial charge in [0.25, 0.3) is 0 Å². The Morgan fingerprint density at radius 3 is 2.23 bits per heavy atom. The van der Waals surface area contributed by atoms with E-state index in [1.807, 2.05) is 12.1 Å². The number of aryl methyl sites for hydroxylation is 1. The van der Waals surface area contributed by atoms with Gasteiger partial charge in [-0.25, -0.2) is 13.8 Å². The lowest BCUT2D eigenvalue weighted by atomic mass is 9.64. The summed E-state index contributed by atoms with van der Waals surface area (Å²) >= 11 is 0. The first kappa shape index (κ1) is 31.2. The third-order valence-electron chi connectivity index (χ3n) is 10.9. The summed E-state index contributed by atoms with van der Waals surface area (Å²) in [5.74, 6) is 0.654.